The number of allylic oxidation sites excluding steroid dienone is 1. The number of hydrogen-bond acceptors (Lipinski definition) is 6. The number of thiazole rings is 1. The van der Waals surface area contributed by atoms with Crippen LogP contribution in [0.4, 0.5) is 0 Å². The number of rotatable bonds is 7. The van der Waals surface area contributed by atoms with Gasteiger partial charge in [-0.1, -0.05) is 73.2 Å². The molecule has 0 aliphatic carbocycles. The Morgan fingerprint density at radius 1 is 1.20 bits per heavy atom. The highest BCUT2D eigenvalue weighted by atomic mass is 35.5. The van der Waals surface area contributed by atoms with Gasteiger partial charge in [0.15, 0.2) is 4.80 Å². The molecule has 2 heterocycles. The Kier molecular flexibility index (Phi) is 7.57. The van der Waals surface area contributed by atoms with Crippen LogP contribution in [0.2, 0.25) is 5.02 Å². The highest BCUT2D eigenvalue weighted by Crippen LogP contribution is 2.34. The summed E-state index contributed by atoms with van der Waals surface area (Å²) in [4.78, 5) is 31.8. The summed E-state index contributed by atoms with van der Waals surface area (Å²) in [7, 11) is 0. The van der Waals surface area contributed by atoms with E-state index in [1.807, 2.05) is 48.5 Å². The fourth-order valence-electron chi connectivity index (χ4n) is 3.91. The van der Waals surface area contributed by atoms with Gasteiger partial charge in [-0.05, 0) is 43.5 Å². The van der Waals surface area contributed by atoms with Crippen molar-refractivity contribution >= 4 is 35.0 Å². The molecular formula is C27H27ClN2O4S. The quantitative estimate of drug-likeness (QED) is 0.439. The van der Waals surface area contributed by atoms with Crippen LogP contribution in [0.3, 0.4) is 0 Å². The summed E-state index contributed by atoms with van der Waals surface area (Å²) in [5, 5.41) is 0.455. The second-order valence-corrected chi connectivity index (χ2v) is 9.98. The molecule has 0 fully saturated rings. The molecule has 0 saturated heterocycles. The molecule has 1 atom stereocenters. The van der Waals surface area contributed by atoms with Crippen molar-refractivity contribution in [2.45, 2.75) is 33.7 Å². The molecule has 0 saturated carbocycles. The Morgan fingerprint density at radius 3 is 2.63 bits per heavy atom. The average Bonchev–Trinajstić information content (AvgIpc) is 3.12. The van der Waals surface area contributed by atoms with Crippen molar-refractivity contribution in [3.05, 3.63) is 95.6 Å². The highest BCUT2D eigenvalue weighted by Gasteiger charge is 2.34. The van der Waals surface area contributed by atoms with Gasteiger partial charge in [0.1, 0.15) is 11.8 Å². The zero-order valence-corrected chi connectivity index (χ0v) is 21.7. The van der Waals surface area contributed by atoms with Crippen LogP contribution < -0.4 is 19.6 Å². The first kappa shape index (κ1) is 24.9. The highest BCUT2D eigenvalue weighted by molar-refractivity contribution is 7.07. The average molecular weight is 511 g/mol. The predicted octanol–water partition coefficient (Wildman–Crippen LogP) is 4.49. The lowest BCUT2D eigenvalue weighted by Gasteiger charge is -2.25. The smallest absolute Gasteiger partial charge is 0.338 e. The maximum absolute atomic E-state index is 13.7. The maximum atomic E-state index is 13.7. The number of para-hydroxylation sites is 1. The van der Waals surface area contributed by atoms with Gasteiger partial charge >= 0.3 is 5.97 Å². The van der Waals surface area contributed by atoms with Crippen molar-refractivity contribution in [3.63, 3.8) is 0 Å². The predicted molar refractivity (Wildman–Crippen MR) is 139 cm³/mol. The lowest BCUT2D eigenvalue weighted by atomic mass is 9.96. The topological polar surface area (TPSA) is 69.9 Å². The van der Waals surface area contributed by atoms with E-state index < -0.39 is 12.0 Å². The van der Waals surface area contributed by atoms with E-state index in [2.05, 4.69) is 18.8 Å². The number of nitrogens with zero attached hydrogens (tertiary/aromatic N) is 2. The molecular weight excluding hydrogens is 484 g/mol. The molecule has 8 heteroatoms. The first-order valence-electron chi connectivity index (χ1n) is 11.5. The molecule has 1 aliphatic rings. The minimum absolute atomic E-state index is 0.211. The fraction of sp³-hybridized carbons (Fsp3) is 0.296. The van der Waals surface area contributed by atoms with Crippen LogP contribution in [-0.4, -0.2) is 23.8 Å². The molecule has 0 spiro atoms. The largest absolute Gasteiger partial charge is 0.493 e. The molecule has 3 aromatic rings. The normalized spacial score (nSPS) is 15.7. The van der Waals surface area contributed by atoms with Crippen molar-refractivity contribution in [1.82, 2.24) is 4.57 Å². The fourth-order valence-corrected chi connectivity index (χ4v) is 5.19. The van der Waals surface area contributed by atoms with E-state index in [0.717, 1.165) is 5.56 Å². The standard InChI is InChI=1S/C27H27ClN2O4S/c1-5-33-26(32)23-17(4)29-27-30(24(23)19-11-7-8-12-20(19)28)25(31)22(35-27)14-18-10-6-9-13-21(18)34-15-16(2)3/h6-14,16,24H,5,15H2,1-4H3/b22-14-/t24-/m1/s1. The Labute approximate surface area is 212 Å². The molecule has 0 unspecified atom stereocenters. The van der Waals surface area contributed by atoms with E-state index in [9.17, 15) is 9.59 Å². The van der Waals surface area contributed by atoms with E-state index in [-0.39, 0.29) is 12.2 Å². The lowest BCUT2D eigenvalue weighted by molar-refractivity contribution is -0.139. The van der Waals surface area contributed by atoms with Gasteiger partial charge in [-0.15, -0.1) is 0 Å². The maximum Gasteiger partial charge on any atom is 0.338 e. The Morgan fingerprint density at radius 2 is 1.91 bits per heavy atom. The van der Waals surface area contributed by atoms with Crippen LogP contribution in [0.1, 0.15) is 44.9 Å². The SMILES string of the molecule is CCOC(=O)C1=C(C)N=c2s/c(=C\c3ccccc3OCC(C)C)c(=O)n2[C@@H]1c1ccccc1Cl. The Balaban J connectivity index is 1.92. The summed E-state index contributed by atoms with van der Waals surface area (Å²) in [5.74, 6) is 0.562. The molecule has 1 aromatic heterocycles. The number of carbonyl (C=O) groups excluding carboxylic acids is 1. The van der Waals surface area contributed by atoms with E-state index in [0.29, 0.717) is 49.5 Å². The summed E-state index contributed by atoms with van der Waals surface area (Å²) in [6.45, 7) is 8.44. The third kappa shape index (κ3) is 5.11. The monoisotopic (exact) mass is 510 g/mol. The van der Waals surface area contributed by atoms with Crippen LogP contribution in [0.25, 0.3) is 6.08 Å². The van der Waals surface area contributed by atoms with E-state index in [4.69, 9.17) is 21.1 Å². The first-order valence-corrected chi connectivity index (χ1v) is 12.7. The number of carbonyl (C=O) groups is 1. The lowest BCUT2D eigenvalue weighted by Crippen LogP contribution is -2.40. The molecule has 182 valence electrons. The van der Waals surface area contributed by atoms with Gasteiger partial charge in [0, 0.05) is 10.6 Å². The zero-order valence-electron chi connectivity index (χ0n) is 20.1. The van der Waals surface area contributed by atoms with Crippen LogP contribution in [-0.2, 0) is 9.53 Å². The van der Waals surface area contributed by atoms with Gasteiger partial charge in [0.25, 0.3) is 5.56 Å². The third-order valence-electron chi connectivity index (χ3n) is 5.49. The number of hydrogen-bond donors (Lipinski definition) is 0. The van der Waals surface area contributed by atoms with Crippen LogP contribution in [0.15, 0.2) is 69.6 Å². The van der Waals surface area contributed by atoms with Gasteiger partial charge in [-0.2, -0.15) is 0 Å². The second-order valence-electron chi connectivity index (χ2n) is 8.57. The molecule has 35 heavy (non-hydrogen) atoms. The van der Waals surface area contributed by atoms with Gasteiger partial charge in [0.05, 0.1) is 29.0 Å². The molecule has 0 amide bonds. The number of fused-ring (bicyclic) bond motifs is 1. The van der Waals surface area contributed by atoms with Gasteiger partial charge in [-0.25, -0.2) is 9.79 Å². The van der Waals surface area contributed by atoms with Gasteiger partial charge in [-0.3, -0.25) is 9.36 Å². The van der Waals surface area contributed by atoms with Crippen LogP contribution in [0, 0.1) is 5.92 Å². The van der Waals surface area contributed by atoms with E-state index in [1.54, 1.807) is 19.9 Å². The van der Waals surface area contributed by atoms with Crippen molar-refractivity contribution in [3.8, 4) is 5.75 Å². The summed E-state index contributed by atoms with van der Waals surface area (Å²) >= 11 is 7.82. The molecule has 0 N–H and O–H groups in total. The third-order valence-corrected chi connectivity index (χ3v) is 6.82. The molecule has 0 bridgehead atoms. The molecule has 1 aliphatic heterocycles. The molecule has 0 radical (unpaired) electrons. The van der Waals surface area contributed by atoms with Gasteiger partial charge in [0.2, 0.25) is 0 Å². The van der Waals surface area contributed by atoms with Gasteiger partial charge < -0.3 is 9.47 Å². The van der Waals surface area contributed by atoms with Crippen LogP contribution >= 0.6 is 22.9 Å². The Hall–Kier alpha value is -3.16. The number of halogens is 1. The van der Waals surface area contributed by atoms with Crippen molar-refractivity contribution in [1.29, 1.82) is 0 Å². The van der Waals surface area contributed by atoms with Crippen molar-refractivity contribution in [2.24, 2.45) is 10.9 Å². The number of aromatic nitrogens is 1. The summed E-state index contributed by atoms with van der Waals surface area (Å²) < 4.78 is 13.3. The molecule has 2 aromatic carbocycles. The minimum Gasteiger partial charge on any atom is -0.493 e. The first-order chi connectivity index (χ1) is 16.8. The minimum atomic E-state index is -0.742. The van der Waals surface area contributed by atoms with Crippen molar-refractivity contribution < 1.29 is 14.3 Å². The van der Waals surface area contributed by atoms with Crippen LogP contribution in [0.5, 0.6) is 5.75 Å². The number of ether oxygens (including phenoxy) is 2. The number of benzene rings is 2. The number of esters is 1. The van der Waals surface area contributed by atoms with E-state index >= 15 is 0 Å². The van der Waals surface area contributed by atoms with E-state index in [1.165, 1.54) is 15.9 Å². The molecule has 6 nitrogen and oxygen atoms in total. The zero-order chi connectivity index (χ0) is 25.1. The second kappa shape index (κ2) is 10.6. The Bertz CT molecular complexity index is 1470. The summed E-state index contributed by atoms with van der Waals surface area (Å²) in [6, 6.07) is 14.1. The molecule has 4 rings (SSSR count). The summed E-state index contributed by atoms with van der Waals surface area (Å²) in [5.41, 5.74) is 1.99. The summed E-state index contributed by atoms with van der Waals surface area (Å²) in [6.07, 6.45) is 1.81. The van der Waals surface area contributed by atoms with Crippen molar-refractivity contribution in [2.75, 3.05) is 13.2 Å².